The van der Waals surface area contributed by atoms with Crippen LogP contribution in [0.1, 0.15) is 36.6 Å². The van der Waals surface area contributed by atoms with Gasteiger partial charge in [-0.25, -0.2) is 4.39 Å². The third kappa shape index (κ3) is 4.30. The van der Waals surface area contributed by atoms with E-state index in [-0.39, 0.29) is 11.9 Å². The van der Waals surface area contributed by atoms with Crippen LogP contribution in [0.5, 0.6) is 5.75 Å². The summed E-state index contributed by atoms with van der Waals surface area (Å²) in [5.41, 5.74) is 3.18. The third-order valence-electron chi connectivity index (χ3n) is 3.46. The molecule has 2 aromatic carbocycles. The van der Waals surface area contributed by atoms with Crippen molar-refractivity contribution in [1.29, 1.82) is 0 Å². The van der Waals surface area contributed by atoms with Gasteiger partial charge in [-0.15, -0.1) is 0 Å². The second-order valence-corrected chi connectivity index (χ2v) is 5.24. The molecule has 2 aromatic rings. The van der Waals surface area contributed by atoms with Gasteiger partial charge in [-0.1, -0.05) is 36.8 Å². The predicted molar refractivity (Wildman–Crippen MR) is 84.0 cm³/mol. The second-order valence-electron chi connectivity index (χ2n) is 5.24. The molecule has 0 aliphatic rings. The molecule has 0 bridgehead atoms. The highest BCUT2D eigenvalue weighted by Gasteiger charge is 2.12. The van der Waals surface area contributed by atoms with Gasteiger partial charge in [-0.05, 0) is 44.2 Å². The minimum Gasteiger partial charge on any atom is -0.489 e. The summed E-state index contributed by atoms with van der Waals surface area (Å²) in [5, 5.41) is 3.29. The zero-order chi connectivity index (χ0) is 15.2. The Kier molecular flexibility index (Phi) is 5.34. The fourth-order valence-corrected chi connectivity index (χ4v) is 2.25. The first-order valence-corrected chi connectivity index (χ1v) is 7.31. The number of nitrogens with one attached hydrogen (secondary N) is 1. The van der Waals surface area contributed by atoms with Gasteiger partial charge in [0.15, 0.2) is 0 Å². The van der Waals surface area contributed by atoms with Crippen molar-refractivity contribution in [2.45, 2.75) is 33.4 Å². The summed E-state index contributed by atoms with van der Waals surface area (Å²) < 4.78 is 19.4. The molecule has 0 heterocycles. The lowest BCUT2D eigenvalue weighted by molar-refractivity contribution is 0.299. The maximum atomic E-state index is 13.5. The zero-order valence-electron chi connectivity index (χ0n) is 12.8. The number of ether oxygens (including phenoxy) is 1. The average Bonchev–Trinajstić information content (AvgIpc) is 2.48. The maximum Gasteiger partial charge on any atom is 0.124 e. The molecule has 2 rings (SSSR count). The topological polar surface area (TPSA) is 21.3 Å². The van der Waals surface area contributed by atoms with Crippen LogP contribution in [0, 0.1) is 12.7 Å². The lowest BCUT2D eigenvalue weighted by Crippen LogP contribution is -2.18. The monoisotopic (exact) mass is 287 g/mol. The van der Waals surface area contributed by atoms with Crippen LogP contribution in [0.3, 0.4) is 0 Å². The van der Waals surface area contributed by atoms with Crippen molar-refractivity contribution in [1.82, 2.24) is 5.32 Å². The van der Waals surface area contributed by atoms with Crippen LogP contribution in [-0.4, -0.2) is 6.54 Å². The van der Waals surface area contributed by atoms with Gasteiger partial charge in [0.25, 0.3) is 0 Å². The molecule has 21 heavy (non-hydrogen) atoms. The minimum atomic E-state index is -0.238. The van der Waals surface area contributed by atoms with Crippen molar-refractivity contribution in [3.05, 3.63) is 65.0 Å². The van der Waals surface area contributed by atoms with Gasteiger partial charge in [0.1, 0.15) is 18.2 Å². The summed E-state index contributed by atoms with van der Waals surface area (Å²) in [6, 6.07) is 12.9. The molecule has 0 aliphatic carbocycles. The van der Waals surface area contributed by atoms with E-state index in [1.54, 1.807) is 6.07 Å². The number of rotatable bonds is 6. The molecular formula is C18H22FNO. The maximum absolute atomic E-state index is 13.5. The summed E-state index contributed by atoms with van der Waals surface area (Å²) in [6.07, 6.45) is 0. The Bertz CT molecular complexity index is 580. The number of hydrogen-bond donors (Lipinski definition) is 1. The van der Waals surface area contributed by atoms with E-state index < -0.39 is 0 Å². The first-order chi connectivity index (χ1) is 10.1. The highest BCUT2D eigenvalue weighted by Crippen LogP contribution is 2.27. The summed E-state index contributed by atoms with van der Waals surface area (Å²) in [7, 11) is 0. The van der Waals surface area contributed by atoms with E-state index in [0.29, 0.717) is 6.61 Å². The Balaban J connectivity index is 2.13. The largest absolute Gasteiger partial charge is 0.489 e. The van der Waals surface area contributed by atoms with E-state index in [9.17, 15) is 4.39 Å². The molecule has 0 aromatic heterocycles. The van der Waals surface area contributed by atoms with Gasteiger partial charge < -0.3 is 10.1 Å². The molecule has 1 unspecified atom stereocenters. The lowest BCUT2D eigenvalue weighted by Gasteiger charge is -2.18. The number of aryl methyl sites for hydroxylation is 1. The van der Waals surface area contributed by atoms with Crippen molar-refractivity contribution in [3.8, 4) is 5.75 Å². The molecule has 112 valence electrons. The highest BCUT2D eigenvalue weighted by molar-refractivity contribution is 5.36. The predicted octanol–water partition coefficient (Wildman–Crippen LogP) is 4.38. The molecule has 2 nitrogen and oxygen atoms in total. The van der Waals surface area contributed by atoms with Crippen molar-refractivity contribution < 1.29 is 9.13 Å². The van der Waals surface area contributed by atoms with Crippen LogP contribution < -0.4 is 10.1 Å². The van der Waals surface area contributed by atoms with Crippen molar-refractivity contribution in [2.24, 2.45) is 0 Å². The lowest BCUT2D eigenvalue weighted by atomic mass is 10.1. The normalized spacial score (nSPS) is 12.2. The first kappa shape index (κ1) is 15.5. The Morgan fingerprint density at radius 2 is 1.86 bits per heavy atom. The summed E-state index contributed by atoms with van der Waals surface area (Å²) >= 11 is 0. The van der Waals surface area contributed by atoms with Crippen molar-refractivity contribution in [3.63, 3.8) is 0 Å². The van der Waals surface area contributed by atoms with Crippen LogP contribution in [0.15, 0.2) is 42.5 Å². The number of halogens is 1. The molecule has 0 fully saturated rings. The Hall–Kier alpha value is -1.87. The fourth-order valence-electron chi connectivity index (χ4n) is 2.25. The number of hydrogen-bond acceptors (Lipinski definition) is 2. The Morgan fingerprint density at radius 1 is 1.14 bits per heavy atom. The van der Waals surface area contributed by atoms with Gasteiger partial charge >= 0.3 is 0 Å². The van der Waals surface area contributed by atoms with Gasteiger partial charge in [0, 0.05) is 11.6 Å². The van der Waals surface area contributed by atoms with E-state index in [2.05, 4.69) is 24.4 Å². The van der Waals surface area contributed by atoms with Crippen LogP contribution in [-0.2, 0) is 6.61 Å². The van der Waals surface area contributed by atoms with Crippen LogP contribution in [0.2, 0.25) is 0 Å². The molecule has 0 radical (unpaired) electrons. The summed E-state index contributed by atoms with van der Waals surface area (Å²) in [4.78, 5) is 0. The van der Waals surface area contributed by atoms with Gasteiger partial charge in [-0.3, -0.25) is 0 Å². The molecule has 0 spiro atoms. The quantitative estimate of drug-likeness (QED) is 0.851. The number of benzene rings is 2. The molecule has 0 amide bonds. The highest BCUT2D eigenvalue weighted by atomic mass is 19.1. The fraction of sp³-hybridized carbons (Fsp3) is 0.333. The van der Waals surface area contributed by atoms with Gasteiger partial charge in [-0.2, -0.15) is 0 Å². The van der Waals surface area contributed by atoms with E-state index in [0.717, 1.165) is 23.4 Å². The molecule has 1 atom stereocenters. The average molecular weight is 287 g/mol. The van der Waals surface area contributed by atoms with E-state index in [1.807, 2.05) is 26.0 Å². The first-order valence-electron chi connectivity index (χ1n) is 7.31. The Morgan fingerprint density at radius 3 is 2.52 bits per heavy atom. The van der Waals surface area contributed by atoms with Crippen molar-refractivity contribution in [2.75, 3.05) is 6.54 Å². The van der Waals surface area contributed by atoms with Crippen LogP contribution in [0.25, 0.3) is 0 Å². The van der Waals surface area contributed by atoms with E-state index in [4.69, 9.17) is 4.74 Å². The summed E-state index contributed by atoms with van der Waals surface area (Å²) in [5.74, 6) is 0.489. The van der Waals surface area contributed by atoms with Gasteiger partial charge in [0.05, 0.1) is 0 Å². The SMILES string of the molecule is CCNC(C)c1cc(F)ccc1OCc1ccc(C)cc1. The minimum absolute atomic E-state index is 0.0544. The third-order valence-corrected chi connectivity index (χ3v) is 3.46. The molecule has 0 aliphatic heterocycles. The van der Waals surface area contributed by atoms with Crippen molar-refractivity contribution >= 4 is 0 Å². The molecule has 0 saturated carbocycles. The summed E-state index contributed by atoms with van der Waals surface area (Å²) in [6.45, 7) is 7.41. The van der Waals surface area contributed by atoms with Gasteiger partial charge in [0.2, 0.25) is 0 Å². The molecule has 1 N–H and O–H groups in total. The standard InChI is InChI=1S/C18H22FNO/c1-4-20-14(3)17-11-16(19)9-10-18(17)21-12-15-7-5-13(2)6-8-15/h5-11,14,20H,4,12H2,1-3H3. The Labute approximate surface area is 126 Å². The van der Waals surface area contributed by atoms with Crippen LogP contribution in [0.4, 0.5) is 4.39 Å². The molecule has 0 saturated heterocycles. The van der Waals surface area contributed by atoms with E-state index in [1.165, 1.54) is 17.7 Å². The van der Waals surface area contributed by atoms with E-state index >= 15 is 0 Å². The molecule has 3 heteroatoms. The van der Waals surface area contributed by atoms with Crippen LogP contribution >= 0.6 is 0 Å². The smallest absolute Gasteiger partial charge is 0.124 e. The molecular weight excluding hydrogens is 265 g/mol. The zero-order valence-corrected chi connectivity index (χ0v) is 12.8. The second kappa shape index (κ2) is 7.23.